The molecule has 0 spiro atoms. The Labute approximate surface area is 153 Å². The van der Waals surface area contributed by atoms with Gasteiger partial charge in [0.15, 0.2) is 5.11 Å². The van der Waals surface area contributed by atoms with Gasteiger partial charge in [-0.3, -0.25) is 9.58 Å². The maximum atomic E-state index is 13.0. The van der Waals surface area contributed by atoms with Crippen LogP contribution in [0.25, 0.3) is 0 Å². The molecule has 1 aromatic heterocycles. The zero-order valence-electron chi connectivity index (χ0n) is 14.7. The fraction of sp³-hybridized carbons (Fsp3) is 0.444. The Bertz CT molecular complexity index is 720. The first-order valence-corrected chi connectivity index (χ1v) is 9.02. The molecule has 2 aromatic rings. The number of hydrogen-bond acceptors (Lipinski definition) is 3. The molecule has 1 aliphatic heterocycles. The number of nitrogens with zero attached hydrogens (tertiary/aromatic N) is 4. The molecule has 0 radical (unpaired) electrons. The lowest BCUT2D eigenvalue weighted by molar-refractivity contribution is 0.176. The van der Waals surface area contributed by atoms with Gasteiger partial charge in [-0.25, -0.2) is 4.39 Å². The summed E-state index contributed by atoms with van der Waals surface area (Å²) in [5, 5.41) is 8.39. The van der Waals surface area contributed by atoms with Crippen LogP contribution in [0.2, 0.25) is 0 Å². The zero-order chi connectivity index (χ0) is 17.8. The van der Waals surface area contributed by atoms with Gasteiger partial charge in [0.2, 0.25) is 0 Å². The first-order chi connectivity index (χ1) is 12.0. The summed E-state index contributed by atoms with van der Waals surface area (Å²) in [6.07, 6.45) is 2.14. The summed E-state index contributed by atoms with van der Waals surface area (Å²) in [6, 6.07) is 6.27. The van der Waals surface area contributed by atoms with Crippen LogP contribution in [0.3, 0.4) is 0 Å². The average Bonchev–Trinajstić information content (AvgIpc) is 2.97. The Balaban J connectivity index is 1.50. The highest BCUT2D eigenvalue weighted by Crippen LogP contribution is 2.14. The third-order valence-electron chi connectivity index (χ3n) is 4.52. The minimum atomic E-state index is -0.244. The minimum absolute atomic E-state index is 0.244. The molecule has 5 nitrogen and oxygen atoms in total. The highest BCUT2D eigenvalue weighted by atomic mass is 32.1. The van der Waals surface area contributed by atoms with E-state index in [0.717, 1.165) is 50.6 Å². The molecule has 2 heterocycles. The van der Waals surface area contributed by atoms with Gasteiger partial charge in [0.25, 0.3) is 0 Å². The van der Waals surface area contributed by atoms with Gasteiger partial charge in [0.1, 0.15) is 5.82 Å². The van der Waals surface area contributed by atoms with Gasteiger partial charge < -0.3 is 10.2 Å². The number of hydrogen-bond donors (Lipinski definition) is 1. The Kier molecular flexibility index (Phi) is 5.65. The van der Waals surface area contributed by atoms with Crippen molar-refractivity contribution >= 4 is 23.0 Å². The van der Waals surface area contributed by atoms with Crippen molar-refractivity contribution in [3.8, 4) is 0 Å². The van der Waals surface area contributed by atoms with Crippen molar-refractivity contribution in [2.75, 3.05) is 31.5 Å². The zero-order valence-corrected chi connectivity index (χ0v) is 15.5. The predicted octanol–water partition coefficient (Wildman–Crippen LogP) is 2.87. The standard InChI is InChI=1S/C18H24FN5S/c1-3-24-13-15(14(2)21-24)12-22-8-10-23(11-9-22)18(25)20-17-6-4-16(19)5-7-17/h4-7,13H,3,8-12H2,1-2H3,(H,20,25). The van der Waals surface area contributed by atoms with Crippen LogP contribution in [0.4, 0.5) is 10.1 Å². The van der Waals surface area contributed by atoms with Crippen LogP contribution in [0, 0.1) is 12.7 Å². The van der Waals surface area contributed by atoms with Crippen LogP contribution >= 0.6 is 12.2 Å². The van der Waals surface area contributed by atoms with E-state index < -0.39 is 0 Å². The molecule has 134 valence electrons. The monoisotopic (exact) mass is 361 g/mol. The van der Waals surface area contributed by atoms with Crippen LogP contribution in [-0.4, -0.2) is 50.9 Å². The fourth-order valence-electron chi connectivity index (χ4n) is 2.96. The van der Waals surface area contributed by atoms with Crippen molar-refractivity contribution < 1.29 is 4.39 Å². The molecule has 0 unspecified atom stereocenters. The Hall–Kier alpha value is -1.99. The van der Waals surface area contributed by atoms with Crippen molar-refractivity contribution in [2.45, 2.75) is 26.9 Å². The highest BCUT2D eigenvalue weighted by molar-refractivity contribution is 7.80. The number of thiocarbonyl (C=S) groups is 1. The molecule has 3 rings (SSSR count). The largest absolute Gasteiger partial charge is 0.346 e. The van der Waals surface area contributed by atoms with E-state index in [4.69, 9.17) is 12.2 Å². The quantitative estimate of drug-likeness (QED) is 0.848. The molecule has 1 N–H and O–H groups in total. The molecule has 0 amide bonds. The molecular weight excluding hydrogens is 337 g/mol. The number of nitrogens with one attached hydrogen (secondary N) is 1. The molecule has 1 aliphatic rings. The number of aryl methyl sites for hydroxylation is 2. The predicted molar refractivity (Wildman–Crippen MR) is 102 cm³/mol. The number of piperazine rings is 1. The van der Waals surface area contributed by atoms with Crippen molar-refractivity contribution in [2.24, 2.45) is 0 Å². The molecular formula is C18H24FN5S. The van der Waals surface area contributed by atoms with Crippen molar-refractivity contribution in [1.29, 1.82) is 0 Å². The van der Waals surface area contributed by atoms with Crippen LogP contribution < -0.4 is 5.32 Å². The van der Waals surface area contributed by atoms with Crippen molar-refractivity contribution in [3.63, 3.8) is 0 Å². The van der Waals surface area contributed by atoms with Crippen molar-refractivity contribution in [1.82, 2.24) is 19.6 Å². The lowest BCUT2D eigenvalue weighted by Crippen LogP contribution is -2.49. The number of benzene rings is 1. The summed E-state index contributed by atoms with van der Waals surface area (Å²) >= 11 is 5.49. The van der Waals surface area contributed by atoms with E-state index >= 15 is 0 Å². The van der Waals surface area contributed by atoms with E-state index in [2.05, 4.69) is 40.3 Å². The lowest BCUT2D eigenvalue weighted by atomic mass is 10.2. The molecule has 0 bridgehead atoms. The van der Waals surface area contributed by atoms with E-state index in [9.17, 15) is 4.39 Å². The van der Waals surface area contributed by atoms with E-state index in [1.54, 1.807) is 12.1 Å². The van der Waals surface area contributed by atoms with E-state index in [1.165, 1.54) is 17.7 Å². The fourth-order valence-corrected chi connectivity index (χ4v) is 3.26. The molecule has 1 saturated heterocycles. The second-order valence-corrected chi connectivity index (χ2v) is 6.68. The third-order valence-corrected chi connectivity index (χ3v) is 4.88. The molecule has 1 aromatic carbocycles. The topological polar surface area (TPSA) is 36.3 Å². The van der Waals surface area contributed by atoms with Gasteiger partial charge in [-0.05, 0) is 50.3 Å². The normalized spacial score (nSPS) is 15.4. The van der Waals surface area contributed by atoms with E-state index in [-0.39, 0.29) is 5.82 Å². The second-order valence-electron chi connectivity index (χ2n) is 6.30. The number of rotatable bonds is 4. The SMILES string of the molecule is CCn1cc(CN2CCN(C(=S)Nc3ccc(F)cc3)CC2)c(C)n1. The molecule has 0 saturated carbocycles. The maximum Gasteiger partial charge on any atom is 0.173 e. The summed E-state index contributed by atoms with van der Waals surface area (Å²) < 4.78 is 15.0. The van der Waals surface area contributed by atoms with Gasteiger partial charge in [-0.15, -0.1) is 0 Å². The third kappa shape index (κ3) is 4.55. The summed E-state index contributed by atoms with van der Waals surface area (Å²) in [5.41, 5.74) is 3.22. The minimum Gasteiger partial charge on any atom is -0.346 e. The van der Waals surface area contributed by atoms with Crippen LogP contribution in [-0.2, 0) is 13.1 Å². The van der Waals surface area contributed by atoms with E-state index in [0.29, 0.717) is 5.11 Å². The summed E-state index contributed by atoms with van der Waals surface area (Å²) in [5.74, 6) is -0.244. The van der Waals surface area contributed by atoms with Gasteiger partial charge in [-0.1, -0.05) is 0 Å². The first-order valence-electron chi connectivity index (χ1n) is 8.62. The number of halogens is 1. The second kappa shape index (κ2) is 7.93. The maximum absolute atomic E-state index is 13.0. The Morgan fingerprint density at radius 1 is 1.20 bits per heavy atom. The summed E-state index contributed by atoms with van der Waals surface area (Å²) in [7, 11) is 0. The lowest BCUT2D eigenvalue weighted by Gasteiger charge is -2.36. The molecule has 25 heavy (non-hydrogen) atoms. The first kappa shape index (κ1) is 17.8. The van der Waals surface area contributed by atoms with Crippen LogP contribution in [0.5, 0.6) is 0 Å². The molecule has 1 fully saturated rings. The van der Waals surface area contributed by atoms with Gasteiger partial charge >= 0.3 is 0 Å². The van der Waals surface area contributed by atoms with E-state index in [1.807, 2.05) is 4.68 Å². The Morgan fingerprint density at radius 3 is 2.48 bits per heavy atom. The summed E-state index contributed by atoms with van der Waals surface area (Å²) in [6.45, 7) is 9.69. The van der Waals surface area contributed by atoms with Crippen LogP contribution in [0.15, 0.2) is 30.5 Å². The van der Waals surface area contributed by atoms with Gasteiger partial charge in [0, 0.05) is 56.7 Å². The number of anilines is 1. The number of aromatic nitrogens is 2. The van der Waals surface area contributed by atoms with Crippen molar-refractivity contribution in [3.05, 3.63) is 47.5 Å². The highest BCUT2D eigenvalue weighted by Gasteiger charge is 2.20. The van der Waals surface area contributed by atoms with Gasteiger partial charge in [-0.2, -0.15) is 5.10 Å². The smallest absolute Gasteiger partial charge is 0.173 e. The molecule has 0 atom stereocenters. The average molecular weight is 361 g/mol. The Morgan fingerprint density at radius 2 is 1.88 bits per heavy atom. The van der Waals surface area contributed by atoms with Crippen LogP contribution in [0.1, 0.15) is 18.2 Å². The summed E-state index contributed by atoms with van der Waals surface area (Å²) in [4.78, 5) is 4.60. The molecule has 0 aliphatic carbocycles. The van der Waals surface area contributed by atoms with Gasteiger partial charge in [0.05, 0.1) is 5.69 Å². The molecule has 7 heteroatoms.